The number of aromatic nitrogens is 2. The van der Waals surface area contributed by atoms with Crippen molar-refractivity contribution in [3.8, 4) is 5.75 Å². The molecule has 8 heteroatoms. The van der Waals surface area contributed by atoms with Crippen LogP contribution in [0, 0.1) is 10.1 Å². The van der Waals surface area contributed by atoms with Crippen molar-refractivity contribution < 1.29 is 19.6 Å². The van der Waals surface area contributed by atoms with E-state index in [0.29, 0.717) is 19.6 Å². The summed E-state index contributed by atoms with van der Waals surface area (Å²) in [5.74, 6) is -1.14. The van der Waals surface area contributed by atoms with Crippen LogP contribution in [0.4, 0.5) is 5.69 Å². The number of rotatable bonds is 7. The second kappa shape index (κ2) is 6.51. The highest BCUT2D eigenvalue weighted by Crippen LogP contribution is 2.24. The molecular weight excluding hydrogens is 278 g/mol. The summed E-state index contributed by atoms with van der Waals surface area (Å²) in [5, 5.41) is 19.7. The van der Waals surface area contributed by atoms with Gasteiger partial charge in [0.25, 0.3) is 5.69 Å². The van der Waals surface area contributed by atoms with Crippen LogP contribution in [0.25, 0.3) is 0 Å². The molecule has 0 spiro atoms. The number of nitro benzene ring substituents is 1. The summed E-state index contributed by atoms with van der Waals surface area (Å²) in [7, 11) is 0. The summed E-state index contributed by atoms with van der Waals surface area (Å²) in [5.41, 5.74) is -0.495. The highest BCUT2D eigenvalue weighted by Gasteiger charge is 2.16. The first kappa shape index (κ1) is 14.5. The number of hydrogen-bond acceptors (Lipinski definition) is 5. The smallest absolute Gasteiger partial charge is 0.339 e. The molecule has 8 nitrogen and oxygen atoms in total. The minimum absolute atomic E-state index is 0.124. The van der Waals surface area contributed by atoms with E-state index in [4.69, 9.17) is 9.84 Å². The minimum atomic E-state index is -1.26. The molecule has 0 aliphatic carbocycles. The number of benzene rings is 1. The third-order valence-corrected chi connectivity index (χ3v) is 2.78. The number of carboxylic acids is 1. The van der Waals surface area contributed by atoms with E-state index in [1.807, 2.05) is 10.8 Å². The normalized spacial score (nSPS) is 10.3. The third kappa shape index (κ3) is 3.78. The fraction of sp³-hybridized carbons (Fsp3) is 0.231. The molecule has 110 valence electrons. The number of imidazole rings is 1. The van der Waals surface area contributed by atoms with Gasteiger partial charge in [-0.2, -0.15) is 0 Å². The molecule has 0 aliphatic rings. The molecule has 0 saturated carbocycles. The van der Waals surface area contributed by atoms with Crippen molar-refractivity contribution in [1.29, 1.82) is 0 Å². The standard InChI is InChI=1S/C13H13N3O5/c17-13(18)11-8-10(16(19)20)2-3-12(11)21-7-1-5-15-6-4-14-9-15/h2-4,6,8-9H,1,5,7H2,(H,17,18). The zero-order chi connectivity index (χ0) is 15.2. The van der Waals surface area contributed by atoms with Gasteiger partial charge >= 0.3 is 5.97 Å². The number of non-ortho nitro benzene ring substituents is 1. The molecule has 0 atom stereocenters. The van der Waals surface area contributed by atoms with Crippen molar-refractivity contribution in [2.24, 2.45) is 0 Å². The predicted octanol–water partition coefficient (Wildman–Crippen LogP) is 1.96. The Bertz CT molecular complexity index is 639. The monoisotopic (exact) mass is 291 g/mol. The van der Waals surface area contributed by atoms with Crippen molar-refractivity contribution in [2.75, 3.05) is 6.61 Å². The van der Waals surface area contributed by atoms with E-state index in [2.05, 4.69) is 4.98 Å². The van der Waals surface area contributed by atoms with Crippen molar-refractivity contribution in [2.45, 2.75) is 13.0 Å². The van der Waals surface area contributed by atoms with Crippen molar-refractivity contribution >= 4 is 11.7 Å². The molecule has 1 aromatic heterocycles. The summed E-state index contributed by atoms with van der Waals surface area (Å²) in [4.78, 5) is 25.0. The van der Waals surface area contributed by atoms with Crippen LogP contribution in [0.2, 0.25) is 0 Å². The maximum atomic E-state index is 11.1. The Balaban J connectivity index is 1.98. The number of aryl methyl sites for hydroxylation is 1. The van der Waals surface area contributed by atoms with Gasteiger partial charge in [-0.05, 0) is 12.5 Å². The minimum Gasteiger partial charge on any atom is -0.493 e. The van der Waals surface area contributed by atoms with Gasteiger partial charge in [0, 0.05) is 31.1 Å². The van der Waals surface area contributed by atoms with E-state index in [-0.39, 0.29) is 17.0 Å². The van der Waals surface area contributed by atoms with E-state index in [1.54, 1.807) is 12.5 Å². The van der Waals surface area contributed by atoms with E-state index in [9.17, 15) is 14.9 Å². The molecule has 0 saturated heterocycles. The molecule has 1 heterocycles. The first-order valence-corrected chi connectivity index (χ1v) is 6.18. The Labute approximate surface area is 119 Å². The van der Waals surface area contributed by atoms with E-state index >= 15 is 0 Å². The zero-order valence-electron chi connectivity index (χ0n) is 11.0. The topological polar surface area (TPSA) is 107 Å². The zero-order valence-corrected chi connectivity index (χ0v) is 11.0. The molecule has 1 aromatic carbocycles. The van der Waals surface area contributed by atoms with E-state index in [1.165, 1.54) is 12.1 Å². The first-order chi connectivity index (χ1) is 10.1. The molecule has 2 aromatic rings. The van der Waals surface area contributed by atoms with Gasteiger partial charge in [-0.1, -0.05) is 0 Å². The number of nitrogens with zero attached hydrogens (tertiary/aromatic N) is 3. The van der Waals surface area contributed by atoms with Gasteiger partial charge in [-0.15, -0.1) is 0 Å². The Kier molecular flexibility index (Phi) is 4.50. The van der Waals surface area contributed by atoms with E-state index < -0.39 is 10.9 Å². The summed E-state index contributed by atoms with van der Waals surface area (Å²) in [6.45, 7) is 0.992. The Morgan fingerprint density at radius 2 is 2.29 bits per heavy atom. The highest BCUT2D eigenvalue weighted by atomic mass is 16.6. The molecule has 0 unspecified atom stereocenters. The van der Waals surface area contributed by atoms with Gasteiger partial charge in [-0.3, -0.25) is 10.1 Å². The first-order valence-electron chi connectivity index (χ1n) is 6.18. The highest BCUT2D eigenvalue weighted by molar-refractivity contribution is 5.91. The van der Waals surface area contributed by atoms with Crippen LogP contribution in [0.15, 0.2) is 36.9 Å². The van der Waals surface area contributed by atoms with Crippen molar-refractivity contribution in [1.82, 2.24) is 9.55 Å². The van der Waals surface area contributed by atoms with Crippen molar-refractivity contribution in [3.05, 3.63) is 52.6 Å². The molecule has 0 amide bonds. The largest absolute Gasteiger partial charge is 0.493 e. The second-order valence-electron chi connectivity index (χ2n) is 4.25. The molecule has 1 N–H and O–H groups in total. The van der Waals surface area contributed by atoms with Gasteiger partial charge in [-0.25, -0.2) is 9.78 Å². The number of ether oxygens (including phenoxy) is 1. The number of aromatic carboxylic acids is 1. The summed E-state index contributed by atoms with van der Waals surface area (Å²) < 4.78 is 7.27. The summed E-state index contributed by atoms with van der Waals surface area (Å²) >= 11 is 0. The van der Waals surface area contributed by atoms with Crippen LogP contribution < -0.4 is 4.74 Å². The van der Waals surface area contributed by atoms with Crippen LogP contribution in [0.1, 0.15) is 16.8 Å². The third-order valence-electron chi connectivity index (χ3n) is 2.78. The van der Waals surface area contributed by atoms with Crippen LogP contribution in [0.3, 0.4) is 0 Å². The molecule has 2 rings (SSSR count). The van der Waals surface area contributed by atoms with Crippen LogP contribution in [0.5, 0.6) is 5.75 Å². The predicted molar refractivity (Wildman–Crippen MR) is 72.4 cm³/mol. The molecule has 21 heavy (non-hydrogen) atoms. The number of nitro groups is 1. The molecule has 0 fully saturated rings. The number of carboxylic acid groups (broad SMARTS) is 1. The van der Waals surface area contributed by atoms with Crippen molar-refractivity contribution in [3.63, 3.8) is 0 Å². The summed E-state index contributed by atoms with van der Waals surface area (Å²) in [6, 6.07) is 3.52. The lowest BCUT2D eigenvalue weighted by Crippen LogP contribution is -2.07. The van der Waals surface area contributed by atoms with Gasteiger partial charge in [0.2, 0.25) is 0 Å². The molecule has 0 radical (unpaired) electrons. The van der Waals surface area contributed by atoms with Crippen LogP contribution in [-0.4, -0.2) is 32.2 Å². The lowest BCUT2D eigenvalue weighted by molar-refractivity contribution is -0.384. The fourth-order valence-corrected chi connectivity index (χ4v) is 1.77. The van der Waals surface area contributed by atoms with Gasteiger partial charge in [0.1, 0.15) is 11.3 Å². The lowest BCUT2D eigenvalue weighted by Gasteiger charge is -2.09. The van der Waals surface area contributed by atoms with Gasteiger partial charge < -0.3 is 14.4 Å². The quantitative estimate of drug-likeness (QED) is 0.474. The fourth-order valence-electron chi connectivity index (χ4n) is 1.77. The van der Waals surface area contributed by atoms with Gasteiger partial charge in [0.15, 0.2) is 0 Å². The Morgan fingerprint density at radius 1 is 1.48 bits per heavy atom. The van der Waals surface area contributed by atoms with E-state index in [0.717, 1.165) is 6.07 Å². The molecular formula is C13H13N3O5. The Hall–Kier alpha value is -2.90. The maximum Gasteiger partial charge on any atom is 0.339 e. The SMILES string of the molecule is O=C(O)c1cc([N+](=O)[O-])ccc1OCCCn1ccnc1. The molecule has 0 bridgehead atoms. The Morgan fingerprint density at radius 3 is 2.90 bits per heavy atom. The second-order valence-corrected chi connectivity index (χ2v) is 4.25. The average molecular weight is 291 g/mol. The lowest BCUT2D eigenvalue weighted by atomic mass is 10.2. The average Bonchev–Trinajstić information content (AvgIpc) is 2.96. The number of hydrogen-bond donors (Lipinski definition) is 1. The maximum absolute atomic E-state index is 11.1. The van der Waals surface area contributed by atoms with Gasteiger partial charge in [0.05, 0.1) is 17.9 Å². The summed E-state index contributed by atoms with van der Waals surface area (Å²) in [6.07, 6.45) is 5.81. The van der Waals surface area contributed by atoms with Crippen LogP contribution in [-0.2, 0) is 6.54 Å². The molecule has 0 aliphatic heterocycles. The number of carbonyl (C=O) groups is 1. The van der Waals surface area contributed by atoms with Crippen LogP contribution >= 0.6 is 0 Å².